The minimum absolute atomic E-state index is 0.312. The first-order chi connectivity index (χ1) is 9.15. The Morgan fingerprint density at radius 1 is 0.895 bits per heavy atom. The molecule has 0 amide bonds. The zero-order valence-corrected chi connectivity index (χ0v) is 10.7. The minimum atomic E-state index is -0.574. The molecule has 0 aliphatic heterocycles. The van der Waals surface area contributed by atoms with Gasteiger partial charge in [0.1, 0.15) is 11.6 Å². The van der Waals surface area contributed by atoms with Gasteiger partial charge in [-0.05, 0) is 31.2 Å². The van der Waals surface area contributed by atoms with Gasteiger partial charge in [-0.3, -0.25) is 0 Å². The van der Waals surface area contributed by atoms with Crippen molar-refractivity contribution in [1.82, 2.24) is 0 Å². The SMILES string of the molecule is Cc1ccc(NCCNc2ccc(F)cc2F)cc1. The first-order valence-corrected chi connectivity index (χ1v) is 6.14. The summed E-state index contributed by atoms with van der Waals surface area (Å²) in [6.45, 7) is 3.24. The normalized spacial score (nSPS) is 10.3. The van der Waals surface area contributed by atoms with Crippen LogP contribution in [-0.4, -0.2) is 13.1 Å². The summed E-state index contributed by atoms with van der Waals surface area (Å²) in [7, 11) is 0. The van der Waals surface area contributed by atoms with Crippen molar-refractivity contribution in [1.29, 1.82) is 0 Å². The van der Waals surface area contributed by atoms with Crippen LogP contribution in [0.5, 0.6) is 0 Å². The van der Waals surface area contributed by atoms with Crippen LogP contribution < -0.4 is 10.6 Å². The minimum Gasteiger partial charge on any atom is -0.383 e. The summed E-state index contributed by atoms with van der Waals surface area (Å²) in [4.78, 5) is 0. The number of anilines is 2. The smallest absolute Gasteiger partial charge is 0.149 e. The topological polar surface area (TPSA) is 24.1 Å². The Hall–Kier alpha value is -2.10. The van der Waals surface area contributed by atoms with Gasteiger partial charge in [0, 0.05) is 24.8 Å². The number of hydrogen-bond donors (Lipinski definition) is 2. The van der Waals surface area contributed by atoms with Gasteiger partial charge in [-0.15, -0.1) is 0 Å². The number of hydrogen-bond acceptors (Lipinski definition) is 2. The highest BCUT2D eigenvalue weighted by Gasteiger charge is 2.02. The lowest BCUT2D eigenvalue weighted by molar-refractivity contribution is 0.585. The van der Waals surface area contributed by atoms with E-state index >= 15 is 0 Å². The molecular formula is C15H16F2N2. The van der Waals surface area contributed by atoms with Crippen molar-refractivity contribution in [3.8, 4) is 0 Å². The molecule has 0 aliphatic carbocycles. The van der Waals surface area contributed by atoms with Crippen LogP contribution in [0.25, 0.3) is 0 Å². The van der Waals surface area contributed by atoms with Gasteiger partial charge in [-0.1, -0.05) is 17.7 Å². The average Bonchev–Trinajstić information content (AvgIpc) is 2.39. The first kappa shape index (κ1) is 13.3. The second kappa shape index (κ2) is 6.18. The molecule has 4 heteroatoms. The Morgan fingerprint density at radius 2 is 1.58 bits per heavy atom. The van der Waals surface area contributed by atoms with Gasteiger partial charge >= 0.3 is 0 Å². The molecule has 0 spiro atoms. The number of rotatable bonds is 5. The molecule has 2 aromatic rings. The number of nitrogens with one attached hydrogen (secondary N) is 2. The Kier molecular flexibility index (Phi) is 4.34. The molecule has 0 unspecified atom stereocenters. The third kappa shape index (κ3) is 3.95. The quantitative estimate of drug-likeness (QED) is 0.801. The van der Waals surface area contributed by atoms with Gasteiger partial charge in [0.25, 0.3) is 0 Å². The van der Waals surface area contributed by atoms with Crippen molar-refractivity contribution in [2.75, 3.05) is 23.7 Å². The van der Waals surface area contributed by atoms with Crippen LogP contribution in [0.4, 0.5) is 20.2 Å². The highest BCUT2D eigenvalue weighted by Crippen LogP contribution is 2.14. The number of aryl methyl sites for hydroxylation is 1. The summed E-state index contributed by atoms with van der Waals surface area (Å²) in [5.74, 6) is -1.14. The summed E-state index contributed by atoms with van der Waals surface area (Å²) >= 11 is 0. The highest BCUT2D eigenvalue weighted by molar-refractivity contribution is 5.46. The van der Waals surface area contributed by atoms with E-state index in [-0.39, 0.29) is 0 Å². The molecule has 19 heavy (non-hydrogen) atoms. The van der Waals surface area contributed by atoms with Gasteiger partial charge < -0.3 is 10.6 Å². The number of halogens is 2. The second-order valence-electron chi connectivity index (χ2n) is 4.34. The molecule has 0 saturated heterocycles. The van der Waals surface area contributed by atoms with Gasteiger partial charge in [-0.25, -0.2) is 8.78 Å². The van der Waals surface area contributed by atoms with Crippen molar-refractivity contribution in [3.05, 3.63) is 59.7 Å². The maximum absolute atomic E-state index is 13.3. The van der Waals surface area contributed by atoms with Crippen LogP contribution >= 0.6 is 0 Å². The summed E-state index contributed by atoms with van der Waals surface area (Å²) in [6.07, 6.45) is 0. The van der Waals surface area contributed by atoms with Crippen molar-refractivity contribution in [2.45, 2.75) is 6.92 Å². The van der Waals surface area contributed by atoms with Crippen LogP contribution in [0.15, 0.2) is 42.5 Å². The molecular weight excluding hydrogens is 246 g/mol. The second-order valence-corrected chi connectivity index (χ2v) is 4.34. The van der Waals surface area contributed by atoms with Crippen LogP contribution in [0.3, 0.4) is 0 Å². The molecule has 0 aliphatic rings. The maximum atomic E-state index is 13.3. The summed E-state index contributed by atoms with van der Waals surface area (Å²) in [5.41, 5.74) is 2.54. The van der Waals surface area contributed by atoms with E-state index in [4.69, 9.17) is 0 Å². The molecule has 0 bridgehead atoms. The Bertz CT molecular complexity index is 538. The molecule has 0 saturated carbocycles. The van der Waals surface area contributed by atoms with E-state index in [1.54, 1.807) is 0 Å². The van der Waals surface area contributed by atoms with Crippen LogP contribution in [0.1, 0.15) is 5.56 Å². The van der Waals surface area contributed by atoms with E-state index in [0.29, 0.717) is 18.8 Å². The predicted molar refractivity (Wildman–Crippen MR) is 74.5 cm³/mol. The van der Waals surface area contributed by atoms with E-state index < -0.39 is 11.6 Å². The van der Waals surface area contributed by atoms with Gasteiger partial charge in [0.15, 0.2) is 0 Å². The van der Waals surface area contributed by atoms with Crippen molar-refractivity contribution in [3.63, 3.8) is 0 Å². The standard InChI is InChI=1S/C15H16F2N2/c1-11-2-5-13(6-3-11)18-8-9-19-15-7-4-12(16)10-14(15)17/h2-7,10,18-19H,8-9H2,1H3. The maximum Gasteiger partial charge on any atom is 0.149 e. The zero-order valence-electron chi connectivity index (χ0n) is 10.7. The van der Waals surface area contributed by atoms with Crippen molar-refractivity contribution >= 4 is 11.4 Å². The Balaban J connectivity index is 1.79. The third-order valence-electron chi connectivity index (χ3n) is 2.75. The molecule has 0 aromatic heterocycles. The number of benzene rings is 2. The van der Waals surface area contributed by atoms with E-state index in [1.807, 2.05) is 31.2 Å². The molecule has 0 fully saturated rings. The van der Waals surface area contributed by atoms with Crippen LogP contribution in [0, 0.1) is 18.6 Å². The van der Waals surface area contributed by atoms with Gasteiger partial charge in [0.05, 0.1) is 5.69 Å². The lowest BCUT2D eigenvalue weighted by atomic mass is 10.2. The summed E-state index contributed by atoms with van der Waals surface area (Å²) in [6, 6.07) is 11.5. The van der Waals surface area contributed by atoms with Gasteiger partial charge in [-0.2, -0.15) is 0 Å². The van der Waals surface area contributed by atoms with E-state index in [2.05, 4.69) is 10.6 Å². The summed E-state index contributed by atoms with van der Waals surface area (Å²) < 4.78 is 26.0. The Morgan fingerprint density at radius 3 is 2.26 bits per heavy atom. The molecule has 2 rings (SSSR count). The monoisotopic (exact) mass is 262 g/mol. The molecule has 0 atom stereocenters. The molecule has 0 radical (unpaired) electrons. The zero-order chi connectivity index (χ0) is 13.7. The van der Waals surface area contributed by atoms with Crippen LogP contribution in [-0.2, 0) is 0 Å². The largest absolute Gasteiger partial charge is 0.383 e. The first-order valence-electron chi connectivity index (χ1n) is 6.14. The lowest BCUT2D eigenvalue weighted by Gasteiger charge is -2.09. The molecule has 2 nitrogen and oxygen atoms in total. The fourth-order valence-corrected chi connectivity index (χ4v) is 1.71. The van der Waals surface area contributed by atoms with E-state index in [0.717, 1.165) is 11.8 Å². The fraction of sp³-hybridized carbons (Fsp3) is 0.200. The van der Waals surface area contributed by atoms with Crippen molar-refractivity contribution < 1.29 is 8.78 Å². The van der Waals surface area contributed by atoms with E-state index in [9.17, 15) is 8.78 Å². The molecule has 2 aromatic carbocycles. The van der Waals surface area contributed by atoms with E-state index in [1.165, 1.54) is 17.7 Å². The van der Waals surface area contributed by atoms with Crippen molar-refractivity contribution in [2.24, 2.45) is 0 Å². The average molecular weight is 262 g/mol. The Labute approximate surface area is 111 Å². The predicted octanol–water partition coefficient (Wildman–Crippen LogP) is 3.80. The van der Waals surface area contributed by atoms with Crippen LogP contribution in [0.2, 0.25) is 0 Å². The van der Waals surface area contributed by atoms with Gasteiger partial charge in [0.2, 0.25) is 0 Å². The molecule has 0 heterocycles. The lowest BCUT2D eigenvalue weighted by Crippen LogP contribution is -2.14. The fourth-order valence-electron chi connectivity index (χ4n) is 1.71. The highest BCUT2D eigenvalue weighted by atomic mass is 19.1. The summed E-state index contributed by atoms with van der Waals surface area (Å²) in [5, 5.41) is 6.13. The molecule has 100 valence electrons. The molecule has 2 N–H and O–H groups in total. The third-order valence-corrected chi connectivity index (χ3v) is 2.75.